The summed E-state index contributed by atoms with van der Waals surface area (Å²) >= 11 is 0. The summed E-state index contributed by atoms with van der Waals surface area (Å²) in [5, 5.41) is 3.74. The molecule has 0 radical (unpaired) electrons. The number of rotatable bonds is 8. The van der Waals surface area contributed by atoms with Crippen LogP contribution in [0.1, 0.15) is 46.0 Å². The maximum absolute atomic E-state index is 3.74. The highest BCUT2D eigenvalue weighted by atomic mass is 15.3. The van der Waals surface area contributed by atoms with Gasteiger partial charge in [0.15, 0.2) is 0 Å². The van der Waals surface area contributed by atoms with Crippen LogP contribution < -0.4 is 5.32 Å². The van der Waals surface area contributed by atoms with Crippen molar-refractivity contribution < 1.29 is 0 Å². The molecule has 2 saturated carbocycles. The molecular formula is C17H33N3. The van der Waals surface area contributed by atoms with Crippen LogP contribution in [0.4, 0.5) is 0 Å². The van der Waals surface area contributed by atoms with Gasteiger partial charge in [0.25, 0.3) is 0 Å². The quantitative estimate of drug-likeness (QED) is 0.735. The summed E-state index contributed by atoms with van der Waals surface area (Å²) in [7, 11) is 0. The number of nitrogens with zero attached hydrogens (tertiary/aromatic N) is 2. The van der Waals surface area contributed by atoms with Gasteiger partial charge >= 0.3 is 0 Å². The van der Waals surface area contributed by atoms with E-state index in [1.165, 1.54) is 77.9 Å². The van der Waals surface area contributed by atoms with E-state index in [1.54, 1.807) is 0 Å². The van der Waals surface area contributed by atoms with E-state index in [1.807, 2.05) is 0 Å². The molecule has 1 N–H and O–H groups in total. The molecule has 1 atom stereocenters. The largest absolute Gasteiger partial charge is 0.313 e. The maximum atomic E-state index is 3.74. The standard InChI is InChI=1S/C17H33N3/c1-3-17(2,13-18-16-6-7-16)14-20-10-8-19(9-11-20)12-15-4-5-15/h15-16,18H,3-14H2,1-2H3. The van der Waals surface area contributed by atoms with Crippen molar-refractivity contribution in [2.24, 2.45) is 11.3 Å². The third-order valence-corrected chi connectivity index (χ3v) is 5.53. The molecule has 3 nitrogen and oxygen atoms in total. The Morgan fingerprint density at radius 3 is 2.20 bits per heavy atom. The predicted molar refractivity (Wildman–Crippen MR) is 85.0 cm³/mol. The third-order valence-electron chi connectivity index (χ3n) is 5.53. The van der Waals surface area contributed by atoms with Gasteiger partial charge in [0, 0.05) is 51.9 Å². The van der Waals surface area contributed by atoms with Crippen LogP contribution in [0.25, 0.3) is 0 Å². The van der Waals surface area contributed by atoms with Crippen LogP contribution in [-0.4, -0.2) is 61.7 Å². The molecule has 0 amide bonds. The van der Waals surface area contributed by atoms with Gasteiger partial charge in [0.1, 0.15) is 0 Å². The Bertz CT molecular complexity index is 303. The van der Waals surface area contributed by atoms with Gasteiger partial charge in [-0.25, -0.2) is 0 Å². The Labute approximate surface area is 125 Å². The van der Waals surface area contributed by atoms with Crippen molar-refractivity contribution in [3.8, 4) is 0 Å². The zero-order valence-electron chi connectivity index (χ0n) is 13.5. The topological polar surface area (TPSA) is 18.5 Å². The van der Waals surface area contributed by atoms with Gasteiger partial charge in [-0.05, 0) is 43.4 Å². The molecule has 1 heterocycles. The lowest BCUT2D eigenvalue weighted by molar-refractivity contribution is 0.0858. The Balaban J connectivity index is 1.39. The van der Waals surface area contributed by atoms with Gasteiger partial charge in [-0.15, -0.1) is 0 Å². The van der Waals surface area contributed by atoms with Crippen molar-refractivity contribution in [3.05, 3.63) is 0 Å². The fourth-order valence-electron chi connectivity index (χ4n) is 3.31. The van der Waals surface area contributed by atoms with E-state index in [4.69, 9.17) is 0 Å². The highest BCUT2D eigenvalue weighted by molar-refractivity contribution is 4.88. The Morgan fingerprint density at radius 1 is 1.00 bits per heavy atom. The van der Waals surface area contributed by atoms with Gasteiger partial charge < -0.3 is 15.1 Å². The Morgan fingerprint density at radius 2 is 1.65 bits per heavy atom. The fraction of sp³-hybridized carbons (Fsp3) is 1.00. The second kappa shape index (κ2) is 6.33. The molecule has 1 unspecified atom stereocenters. The fourth-order valence-corrected chi connectivity index (χ4v) is 3.31. The van der Waals surface area contributed by atoms with E-state index in [9.17, 15) is 0 Å². The average Bonchev–Trinajstić information content (AvgIpc) is 3.34. The summed E-state index contributed by atoms with van der Waals surface area (Å²) in [4.78, 5) is 5.40. The van der Waals surface area contributed by atoms with Crippen molar-refractivity contribution >= 4 is 0 Å². The van der Waals surface area contributed by atoms with Gasteiger partial charge in [0.2, 0.25) is 0 Å². The van der Waals surface area contributed by atoms with Crippen LogP contribution >= 0.6 is 0 Å². The predicted octanol–water partition coefficient (Wildman–Crippen LogP) is 2.18. The second-order valence-electron chi connectivity index (χ2n) is 7.84. The van der Waals surface area contributed by atoms with Crippen LogP contribution in [0.15, 0.2) is 0 Å². The highest BCUT2D eigenvalue weighted by Gasteiger charge is 2.31. The summed E-state index contributed by atoms with van der Waals surface area (Å²) in [6.07, 6.45) is 7.07. The van der Waals surface area contributed by atoms with Gasteiger partial charge in [-0.1, -0.05) is 13.8 Å². The van der Waals surface area contributed by atoms with Crippen LogP contribution in [0, 0.1) is 11.3 Å². The monoisotopic (exact) mass is 279 g/mol. The molecule has 3 heteroatoms. The normalized spacial score (nSPS) is 28.5. The van der Waals surface area contributed by atoms with Crippen molar-refractivity contribution in [2.45, 2.75) is 52.0 Å². The smallest absolute Gasteiger partial charge is 0.0110 e. The van der Waals surface area contributed by atoms with Crippen LogP contribution in [0.3, 0.4) is 0 Å². The number of nitrogens with one attached hydrogen (secondary N) is 1. The van der Waals surface area contributed by atoms with E-state index in [0.717, 1.165) is 12.0 Å². The van der Waals surface area contributed by atoms with E-state index in [0.29, 0.717) is 5.41 Å². The first-order chi connectivity index (χ1) is 9.67. The summed E-state index contributed by atoms with van der Waals surface area (Å²) in [5.41, 5.74) is 0.460. The molecule has 1 saturated heterocycles. The molecule has 0 aromatic heterocycles. The lowest BCUT2D eigenvalue weighted by Crippen LogP contribution is -2.51. The van der Waals surface area contributed by atoms with E-state index in [-0.39, 0.29) is 0 Å². The average molecular weight is 279 g/mol. The molecule has 3 rings (SSSR count). The van der Waals surface area contributed by atoms with E-state index >= 15 is 0 Å². The molecule has 0 aromatic rings. The van der Waals surface area contributed by atoms with Gasteiger partial charge in [0.05, 0.1) is 0 Å². The van der Waals surface area contributed by atoms with Crippen molar-refractivity contribution in [1.82, 2.24) is 15.1 Å². The molecule has 0 spiro atoms. The molecule has 20 heavy (non-hydrogen) atoms. The molecule has 0 bridgehead atoms. The first-order valence-corrected chi connectivity index (χ1v) is 8.85. The molecular weight excluding hydrogens is 246 g/mol. The summed E-state index contributed by atoms with van der Waals surface area (Å²) in [6.45, 7) is 13.9. The van der Waals surface area contributed by atoms with Crippen LogP contribution in [0.2, 0.25) is 0 Å². The van der Waals surface area contributed by atoms with Crippen LogP contribution in [0.5, 0.6) is 0 Å². The van der Waals surface area contributed by atoms with E-state index in [2.05, 4.69) is 29.0 Å². The van der Waals surface area contributed by atoms with Crippen LogP contribution in [-0.2, 0) is 0 Å². The minimum absolute atomic E-state index is 0.460. The molecule has 2 aliphatic carbocycles. The van der Waals surface area contributed by atoms with Crippen molar-refractivity contribution in [1.29, 1.82) is 0 Å². The SMILES string of the molecule is CCC(C)(CNC1CC1)CN1CCN(CC2CC2)CC1. The first kappa shape index (κ1) is 14.8. The minimum Gasteiger partial charge on any atom is -0.313 e. The highest BCUT2D eigenvalue weighted by Crippen LogP contribution is 2.30. The molecule has 1 aliphatic heterocycles. The van der Waals surface area contributed by atoms with E-state index < -0.39 is 0 Å². The first-order valence-electron chi connectivity index (χ1n) is 8.85. The second-order valence-corrected chi connectivity index (χ2v) is 7.84. The van der Waals surface area contributed by atoms with Crippen molar-refractivity contribution in [2.75, 3.05) is 45.8 Å². The zero-order chi connectivity index (χ0) is 14.0. The lowest BCUT2D eigenvalue weighted by Gasteiger charge is -2.40. The number of hydrogen-bond acceptors (Lipinski definition) is 3. The summed E-state index contributed by atoms with van der Waals surface area (Å²) in [5.74, 6) is 1.05. The Kier molecular flexibility index (Phi) is 4.68. The number of hydrogen-bond donors (Lipinski definition) is 1. The zero-order valence-corrected chi connectivity index (χ0v) is 13.5. The maximum Gasteiger partial charge on any atom is 0.0110 e. The Hall–Kier alpha value is -0.120. The summed E-state index contributed by atoms with van der Waals surface area (Å²) < 4.78 is 0. The lowest BCUT2D eigenvalue weighted by atomic mass is 9.86. The number of piperazine rings is 1. The molecule has 3 fully saturated rings. The molecule has 3 aliphatic rings. The molecule has 116 valence electrons. The van der Waals surface area contributed by atoms with Gasteiger partial charge in [-0.3, -0.25) is 0 Å². The minimum atomic E-state index is 0.460. The molecule has 0 aromatic carbocycles. The summed E-state index contributed by atoms with van der Waals surface area (Å²) in [6, 6.07) is 0.844. The van der Waals surface area contributed by atoms with Crippen molar-refractivity contribution in [3.63, 3.8) is 0 Å². The van der Waals surface area contributed by atoms with Gasteiger partial charge in [-0.2, -0.15) is 0 Å². The third kappa shape index (κ3) is 4.44.